The number of nitriles is 1. The van der Waals surface area contributed by atoms with E-state index in [0.29, 0.717) is 11.6 Å². The van der Waals surface area contributed by atoms with E-state index >= 15 is 0 Å². The van der Waals surface area contributed by atoms with Gasteiger partial charge in [0.1, 0.15) is 11.6 Å². The van der Waals surface area contributed by atoms with E-state index in [1.54, 1.807) is 18.2 Å². The Morgan fingerprint density at radius 3 is 2.42 bits per heavy atom. The number of hydrogen-bond acceptors (Lipinski definition) is 5. The molecule has 9 heteroatoms. The summed E-state index contributed by atoms with van der Waals surface area (Å²) in [5.41, 5.74) is 0.912. The van der Waals surface area contributed by atoms with Crippen LogP contribution >= 0.6 is 11.6 Å². The number of hydrogen-bond donors (Lipinski definition) is 3. The summed E-state index contributed by atoms with van der Waals surface area (Å²) in [5.74, 6) is -0.668. The van der Waals surface area contributed by atoms with E-state index in [0.717, 1.165) is 17.7 Å². The van der Waals surface area contributed by atoms with E-state index in [1.807, 2.05) is 12.1 Å². The largest absolute Gasteiger partial charge is 0.386 e. The van der Waals surface area contributed by atoms with Crippen LogP contribution in [0.4, 0.5) is 5.69 Å². The molecule has 0 unspecified atom stereocenters. The highest BCUT2D eigenvalue weighted by molar-refractivity contribution is 7.85. The van der Waals surface area contributed by atoms with Gasteiger partial charge in [-0.05, 0) is 35.9 Å². The van der Waals surface area contributed by atoms with Crippen LogP contribution in [0.3, 0.4) is 0 Å². The number of rotatable bonds is 6. The van der Waals surface area contributed by atoms with Crippen LogP contribution < -0.4 is 10.6 Å². The van der Waals surface area contributed by atoms with Crippen molar-refractivity contribution in [3.05, 3.63) is 70.9 Å². The average molecular weight is 392 g/mol. The minimum absolute atomic E-state index is 0.170. The van der Waals surface area contributed by atoms with Crippen LogP contribution in [0.5, 0.6) is 0 Å². The fraction of sp³-hybridized carbons (Fsp3) is 0.0588. The monoisotopic (exact) mass is 391 g/mol. The second-order valence-electron chi connectivity index (χ2n) is 5.10. The predicted octanol–water partition coefficient (Wildman–Crippen LogP) is 2.72. The highest BCUT2D eigenvalue weighted by atomic mass is 35.5. The van der Waals surface area contributed by atoms with Crippen LogP contribution in [0.1, 0.15) is 5.56 Å². The molecule has 0 saturated heterocycles. The molecular formula is C17H14ClN3O4S. The lowest BCUT2D eigenvalue weighted by atomic mass is 10.2. The standard InChI is InChI=1S/C17H14ClN3O4S/c18-16-4-2-1-3-12(16)10-20-11-13(9-19)17(22)21-14-5-7-15(8-6-14)26(23,24)25/h1-8,11,20H,10H2,(H,21,22)(H,23,24,25)/b13-11-. The fourth-order valence-electron chi connectivity index (χ4n) is 1.96. The lowest BCUT2D eigenvalue weighted by Gasteiger charge is -2.06. The minimum Gasteiger partial charge on any atom is -0.386 e. The van der Waals surface area contributed by atoms with Gasteiger partial charge in [-0.15, -0.1) is 0 Å². The molecule has 0 spiro atoms. The van der Waals surface area contributed by atoms with Crippen LogP contribution in [0.15, 0.2) is 65.2 Å². The molecule has 0 aliphatic heterocycles. The molecule has 7 nitrogen and oxygen atoms in total. The molecule has 2 rings (SSSR count). The molecule has 2 aromatic rings. The molecule has 26 heavy (non-hydrogen) atoms. The molecular weight excluding hydrogens is 378 g/mol. The molecule has 0 aliphatic carbocycles. The van der Waals surface area contributed by atoms with Crippen LogP contribution in [-0.2, 0) is 21.5 Å². The Bertz CT molecular complexity index is 980. The van der Waals surface area contributed by atoms with Gasteiger partial charge in [0.05, 0.1) is 4.90 Å². The second-order valence-corrected chi connectivity index (χ2v) is 6.92. The number of carbonyl (C=O) groups is 1. The molecule has 0 heterocycles. The first-order valence-electron chi connectivity index (χ1n) is 7.27. The molecule has 134 valence electrons. The van der Waals surface area contributed by atoms with Gasteiger partial charge in [0.2, 0.25) is 0 Å². The Balaban J connectivity index is 2.02. The second kappa shape index (κ2) is 8.49. The van der Waals surface area contributed by atoms with Gasteiger partial charge in [-0.3, -0.25) is 9.35 Å². The highest BCUT2D eigenvalue weighted by Gasteiger charge is 2.12. The predicted molar refractivity (Wildman–Crippen MR) is 96.9 cm³/mol. The quantitative estimate of drug-likeness (QED) is 0.395. The molecule has 0 fully saturated rings. The van der Waals surface area contributed by atoms with E-state index < -0.39 is 16.0 Å². The number of nitrogens with one attached hydrogen (secondary N) is 2. The SMILES string of the molecule is N#C/C(=C/NCc1ccccc1Cl)C(=O)Nc1ccc(S(=O)(=O)O)cc1. The zero-order valence-electron chi connectivity index (χ0n) is 13.3. The summed E-state index contributed by atoms with van der Waals surface area (Å²) in [4.78, 5) is 11.8. The van der Waals surface area contributed by atoms with Gasteiger partial charge >= 0.3 is 0 Å². The van der Waals surface area contributed by atoms with Crippen molar-refractivity contribution < 1.29 is 17.8 Å². The van der Waals surface area contributed by atoms with Gasteiger partial charge in [0.15, 0.2) is 0 Å². The van der Waals surface area contributed by atoms with Crippen molar-refractivity contribution in [2.75, 3.05) is 5.32 Å². The maximum Gasteiger partial charge on any atom is 0.294 e. The first kappa shape index (κ1) is 19.5. The number of halogens is 1. The van der Waals surface area contributed by atoms with Crippen molar-refractivity contribution in [1.82, 2.24) is 5.32 Å². The van der Waals surface area contributed by atoms with Gasteiger partial charge in [-0.25, -0.2) is 0 Å². The fourth-order valence-corrected chi connectivity index (χ4v) is 2.64. The topological polar surface area (TPSA) is 119 Å². The Kier molecular flexibility index (Phi) is 6.36. The van der Waals surface area contributed by atoms with E-state index in [9.17, 15) is 13.2 Å². The molecule has 0 bridgehead atoms. The third-order valence-corrected chi connectivity index (χ3v) is 4.51. The minimum atomic E-state index is -4.31. The van der Waals surface area contributed by atoms with E-state index in [4.69, 9.17) is 21.4 Å². The zero-order chi connectivity index (χ0) is 19.2. The van der Waals surface area contributed by atoms with Gasteiger partial charge in [-0.1, -0.05) is 29.8 Å². The van der Waals surface area contributed by atoms with Gasteiger partial charge in [0, 0.05) is 23.5 Å². The Labute approximate surface area is 155 Å². The summed E-state index contributed by atoms with van der Waals surface area (Å²) in [7, 11) is -4.31. The first-order chi connectivity index (χ1) is 12.3. The van der Waals surface area contributed by atoms with E-state index in [1.165, 1.54) is 18.3 Å². The third-order valence-electron chi connectivity index (χ3n) is 3.27. The van der Waals surface area contributed by atoms with Crippen molar-refractivity contribution in [2.45, 2.75) is 11.4 Å². The van der Waals surface area contributed by atoms with Crippen LogP contribution in [-0.4, -0.2) is 18.9 Å². The molecule has 0 aliphatic rings. The molecule has 0 atom stereocenters. The lowest BCUT2D eigenvalue weighted by molar-refractivity contribution is -0.112. The molecule has 1 amide bonds. The first-order valence-corrected chi connectivity index (χ1v) is 9.09. The summed E-state index contributed by atoms with van der Waals surface area (Å²) >= 11 is 6.02. The summed E-state index contributed by atoms with van der Waals surface area (Å²) in [5, 5.41) is 15.0. The number of carbonyl (C=O) groups excluding carboxylic acids is 1. The van der Waals surface area contributed by atoms with Crippen LogP contribution in [0.2, 0.25) is 5.02 Å². The molecule has 0 radical (unpaired) electrons. The summed E-state index contributed by atoms with van der Waals surface area (Å²) in [6, 6.07) is 13.8. The zero-order valence-corrected chi connectivity index (χ0v) is 14.9. The average Bonchev–Trinajstić information content (AvgIpc) is 2.60. The third kappa shape index (κ3) is 5.32. The van der Waals surface area contributed by atoms with Crippen molar-refractivity contribution >= 4 is 33.3 Å². The van der Waals surface area contributed by atoms with Crippen molar-refractivity contribution in [3.63, 3.8) is 0 Å². The van der Waals surface area contributed by atoms with Gasteiger partial charge < -0.3 is 10.6 Å². The number of amides is 1. The van der Waals surface area contributed by atoms with Crippen LogP contribution in [0, 0.1) is 11.3 Å². The molecule has 0 aromatic heterocycles. The van der Waals surface area contributed by atoms with Crippen LogP contribution in [0.25, 0.3) is 0 Å². The van der Waals surface area contributed by atoms with E-state index in [2.05, 4.69) is 10.6 Å². The Morgan fingerprint density at radius 2 is 1.85 bits per heavy atom. The summed E-state index contributed by atoms with van der Waals surface area (Å²) in [6.07, 6.45) is 1.27. The highest BCUT2D eigenvalue weighted by Crippen LogP contribution is 2.15. The maximum atomic E-state index is 12.1. The summed E-state index contributed by atoms with van der Waals surface area (Å²) in [6.45, 7) is 0.335. The number of benzene rings is 2. The van der Waals surface area contributed by atoms with Crippen molar-refractivity contribution in [2.24, 2.45) is 0 Å². The molecule has 3 N–H and O–H groups in total. The Morgan fingerprint density at radius 1 is 1.19 bits per heavy atom. The normalized spacial score (nSPS) is 11.5. The van der Waals surface area contributed by atoms with Crippen molar-refractivity contribution in [3.8, 4) is 6.07 Å². The maximum absolute atomic E-state index is 12.1. The smallest absolute Gasteiger partial charge is 0.294 e. The lowest BCUT2D eigenvalue weighted by Crippen LogP contribution is -2.16. The Hall–Kier alpha value is -2.86. The van der Waals surface area contributed by atoms with E-state index in [-0.39, 0.29) is 16.2 Å². The molecule has 2 aromatic carbocycles. The van der Waals surface area contributed by atoms with Crippen molar-refractivity contribution in [1.29, 1.82) is 5.26 Å². The number of anilines is 1. The van der Waals surface area contributed by atoms with Gasteiger partial charge in [0.25, 0.3) is 16.0 Å². The number of nitrogens with zero attached hydrogens (tertiary/aromatic N) is 1. The summed E-state index contributed by atoms with van der Waals surface area (Å²) < 4.78 is 30.9. The molecule has 0 saturated carbocycles. The van der Waals surface area contributed by atoms with Gasteiger partial charge in [-0.2, -0.15) is 13.7 Å².